The molecule has 0 radical (unpaired) electrons. The third kappa shape index (κ3) is 6.57. The van der Waals surface area contributed by atoms with Crippen molar-refractivity contribution in [1.82, 2.24) is 25.8 Å². The fourth-order valence-corrected chi connectivity index (χ4v) is 1.83. The van der Waals surface area contributed by atoms with Gasteiger partial charge in [-0.15, -0.1) is 24.0 Å². The molecular formula is C14H23IN6O2. The number of hydrogen-bond acceptors (Lipinski definition) is 5. The average molecular weight is 434 g/mol. The van der Waals surface area contributed by atoms with E-state index in [0.717, 1.165) is 24.9 Å². The average Bonchev–Trinajstić information content (AvgIpc) is 3.20. The van der Waals surface area contributed by atoms with Crippen LogP contribution in [0, 0.1) is 0 Å². The Hall–Kier alpha value is -1.62. The number of nitrogens with one attached hydrogen (secondary N) is 3. The minimum Gasteiger partial charge on any atom is -0.461 e. The Balaban J connectivity index is 0.00000264. The van der Waals surface area contributed by atoms with Crippen LogP contribution in [0.4, 0.5) is 0 Å². The Morgan fingerprint density at radius 1 is 1.39 bits per heavy atom. The molecular weight excluding hydrogens is 411 g/mol. The molecule has 128 valence electrons. The topological polar surface area (TPSA) is 100 Å². The number of halogens is 1. The molecule has 0 spiro atoms. The molecule has 0 fully saturated rings. The lowest BCUT2D eigenvalue weighted by molar-refractivity contribution is 0.152. The molecule has 9 heteroatoms. The summed E-state index contributed by atoms with van der Waals surface area (Å²) in [5, 5.41) is 13.4. The molecule has 23 heavy (non-hydrogen) atoms. The van der Waals surface area contributed by atoms with Crippen molar-refractivity contribution in [3.63, 3.8) is 0 Å². The van der Waals surface area contributed by atoms with E-state index in [2.05, 4.69) is 30.8 Å². The quantitative estimate of drug-likeness (QED) is 0.252. The number of H-pyrrole nitrogens is 1. The molecule has 8 nitrogen and oxygen atoms in total. The maximum absolute atomic E-state index is 5.26. The monoisotopic (exact) mass is 434 g/mol. The number of furan rings is 1. The van der Waals surface area contributed by atoms with Gasteiger partial charge >= 0.3 is 0 Å². The van der Waals surface area contributed by atoms with Crippen molar-refractivity contribution in [1.29, 1.82) is 0 Å². The predicted molar refractivity (Wildman–Crippen MR) is 99.1 cm³/mol. The van der Waals surface area contributed by atoms with Crippen LogP contribution >= 0.6 is 24.0 Å². The van der Waals surface area contributed by atoms with Gasteiger partial charge in [-0.3, -0.25) is 10.1 Å². The summed E-state index contributed by atoms with van der Waals surface area (Å²) in [6.07, 6.45) is 2.31. The summed E-state index contributed by atoms with van der Waals surface area (Å²) in [7, 11) is 1.74. The van der Waals surface area contributed by atoms with Crippen molar-refractivity contribution in [2.24, 2.45) is 4.99 Å². The van der Waals surface area contributed by atoms with Crippen molar-refractivity contribution in [2.45, 2.75) is 13.3 Å². The molecule has 2 heterocycles. The van der Waals surface area contributed by atoms with Crippen LogP contribution < -0.4 is 10.6 Å². The molecule has 0 bridgehead atoms. The summed E-state index contributed by atoms with van der Waals surface area (Å²) < 4.78 is 10.5. The standard InChI is InChI=1S/C14H22N6O2.HI/c1-3-21-10-8-17-14(15-2)16-7-6-12-18-13(20-19-12)11-5-4-9-22-11;/h4-5,9H,3,6-8,10H2,1-2H3,(H2,15,16,17)(H,18,19,20);1H. The van der Waals surface area contributed by atoms with E-state index in [1.165, 1.54) is 0 Å². The molecule has 3 N–H and O–H groups in total. The van der Waals surface area contributed by atoms with E-state index in [9.17, 15) is 0 Å². The largest absolute Gasteiger partial charge is 0.461 e. The molecule has 0 saturated carbocycles. The first-order chi connectivity index (χ1) is 10.8. The van der Waals surface area contributed by atoms with E-state index in [1.807, 2.05) is 19.1 Å². The predicted octanol–water partition coefficient (Wildman–Crippen LogP) is 1.43. The third-order valence-corrected chi connectivity index (χ3v) is 2.89. The Labute approximate surface area is 152 Å². The molecule has 0 aliphatic heterocycles. The molecule has 2 aromatic rings. The smallest absolute Gasteiger partial charge is 0.216 e. The molecule has 0 atom stereocenters. The molecule has 0 aromatic carbocycles. The minimum atomic E-state index is 0. The SMILES string of the molecule is CCOCCNC(=NC)NCCc1nc(-c2ccco2)n[nH]1.I. The minimum absolute atomic E-state index is 0. The van der Waals surface area contributed by atoms with E-state index >= 15 is 0 Å². The first-order valence-electron chi connectivity index (χ1n) is 7.31. The van der Waals surface area contributed by atoms with Crippen molar-refractivity contribution in [2.75, 3.05) is 33.4 Å². The van der Waals surface area contributed by atoms with Gasteiger partial charge in [0.2, 0.25) is 5.82 Å². The van der Waals surface area contributed by atoms with E-state index in [-0.39, 0.29) is 24.0 Å². The first-order valence-corrected chi connectivity index (χ1v) is 7.31. The highest BCUT2D eigenvalue weighted by Crippen LogP contribution is 2.14. The number of rotatable bonds is 8. The van der Waals surface area contributed by atoms with Gasteiger partial charge in [0.15, 0.2) is 11.7 Å². The van der Waals surface area contributed by atoms with E-state index in [4.69, 9.17) is 9.15 Å². The number of aromatic amines is 1. The number of nitrogens with zero attached hydrogens (tertiary/aromatic N) is 3. The van der Waals surface area contributed by atoms with Gasteiger partial charge in [0.1, 0.15) is 5.82 Å². The molecule has 2 rings (SSSR count). The number of hydrogen-bond donors (Lipinski definition) is 3. The Morgan fingerprint density at radius 2 is 2.22 bits per heavy atom. The molecule has 0 aliphatic carbocycles. The summed E-state index contributed by atoms with van der Waals surface area (Å²) in [6, 6.07) is 3.64. The Kier molecular flexibility index (Phi) is 9.29. The molecule has 0 unspecified atom stereocenters. The summed E-state index contributed by atoms with van der Waals surface area (Å²) in [4.78, 5) is 8.52. The zero-order chi connectivity index (χ0) is 15.6. The zero-order valence-electron chi connectivity index (χ0n) is 13.3. The fourth-order valence-electron chi connectivity index (χ4n) is 1.83. The van der Waals surface area contributed by atoms with Gasteiger partial charge in [-0.05, 0) is 19.1 Å². The highest BCUT2D eigenvalue weighted by Gasteiger charge is 2.08. The second-order valence-corrected chi connectivity index (χ2v) is 4.46. The third-order valence-electron chi connectivity index (χ3n) is 2.89. The molecule has 0 amide bonds. The van der Waals surface area contributed by atoms with Crippen LogP contribution in [-0.2, 0) is 11.2 Å². The van der Waals surface area contributed by atoms with Crippen LogP contribution in [0.1, 0.15) is 12.7 Å². The Bertz CT molecular complexity index is 570. The van der Waals surface area contributed by atoms with Crippen molar-refractivity contribution < 1.29 is 9.15 Å². The van der Waals surface area contributed by atoms with E-state index in [1.54, 1.807) is 13.3 Å². The maximum Gasteiger partial charge on any atom is 0.216 e. The highest BCUT2D eigenvalue weighted by molar-refractivity contribution is 14.0. The fraction of sp³-hybridized carbons (Fsp3) is 0.500. The molecule has 0 aliphatic rings. The number of aromatic nitrogens is 3. The lowest BCUT2D eigenvalue weighted by Gasteiger charge is -2.10. The number of ether oxygens (including phenoxy) is 1. The van der Waals surface area contributed by atoms with Crippen LogP contribution in [0.5, 0.6) is 0 Å². The summed E-state index contributed by atoms with van der Waals surface area (Å²) in [6.45, 7) is 4.77. The summed E-state index contributed by atoms with van der Waals surface area (Å²) in [5.41, 5.74) is 0. The van der Waals surface area contributed by atoms with Gasteiger partial charge in [0.05, 0.1) is 12.9 Å². The Morgan fingerprint density at radius 3 is 2.91 bits per heavy atom. The second kappa shape index (κ2) is 11.0. The highest BCUT2D eigenvalue weighted by atomic mass is 127. The van der Waals surface area contributed by atoms with E-state index in [0.29, 0.717) is 31.2 Å². The van der Waals surface area contributed by atoms with Gasteiger partial charge in [-0.1, -0.05) is 0 Å². The van der Waals surface area contributed by atoms with Crippen molar-refractivity contribution >= 4 is 29.9 Å². The second-order valence-electron chi connectivity index (χ2n) is 4.46. The molecule has 0 saturated heterocycles. The van der Waals surface area contributed by atoms with Crippen LogP contribution in [0.25, 0.3) is 11.6 Å². The first kappa shape index (κ1) is 19.4. The van der Waals surface area contributed by atoms with E-state index < -0.39 is 0 Å². The van der Waals surface area contributed by atoms with Crippen molar-refractivity contribution in [3.05, 3.63) is 24.2 Å². The van der Waals surface area contributed by atoms with Crippen molar-refractivity contribution in [3.8, 4) is 11.6 Å². The van der Waals surface area contributed by atoms with Crippen LogP contribution in [0.3, 0.4) is 0 Å². The lowest BCUT2D eigenvalue weighted by atomic mass is 10.4. The van der Waals surface area contributed by atoms with Gasteiger partial charge in [-0.25, -0.2) is 4.98 Å². The number of aliphatic imine (C=N–C) groups is 1. The van der Waals surface area contributed by atoms with Crippen LogP contribution in [-0.4, -0.2) is 54.5 Å². The van der Waals surface area contributed by atoms with Gasteiger partial charge in [-0.2, -0.15) is 5.10 Å². The van der Waals surface area contributed by atoms with Gasteiger partial charge in [0.25, 0.3) is 0 Å². The summed E-state index contributed by atoms with van der Waals surface area (Å²) >= 11 is 0. The maximum atomic E-state index is 5.26. The van der Waals surface area contributed by atoms with Gasteiger partial charge < -0.3 is 19.8 Å². The summed E-state index contributed by atoms with van der Waals surface area (Å²) in [5.74, 6) is 2.76. The number of guanidine groups is 1. The molecule has 2 aromatic heterocycles. The normalized spacial score (nSPS) is 11.1. The van der Waals surface area contributed by atoms with Crippen LogP contribution in [0.2, 0.25) is 0 Å². The lowest BCUT2D eigenvalue weighted by Crippen LogP contribution is -2.39. The van der Waals surface area contributed by atoms with Gasteiger partial charge in [0, 0.05) is 33.2 Å². The zero-order valence-corrected chi connectivity index (χ0v) is 15.7. The van der Waals surface area contributed by atoms with Crippen LogP contribution in [0.15, 0.2) is 27.8 Å².